The van der Waals surface area contributed by atoms with Gasteiger partial charge in [-0.05, 0) is 61.5 Å². The summed E-state index contributed by atoms with van der Waals surface area (Å²) < 4.78 is 11.8. The number of nitrogens with zero attached hydrogens (tertiary/aromatic N) is 1. The van der Waals surface area contributed by atoms with Crippen LogP contribution in [0.2, 0.25) is 0 Å². The lowest BCUT2D eigenvalue weighted by Gasteiger charge is -2.03. The minimum atomic E-state index is -1.01. The van der Waals surface area contributed by atoms with Gasteiger partial charge in [0.25, 0.3) is 0 Å². The van der Waals surface area contributed by atoms with Crippen LogP contribution in [0.3, 0.4) is 0 Å². The maximum absolute atomic E-state index is 11.4. The Hall–Kier alpha value is -2.86. The van der Waals surface area contributed by atoms with E-state index >= 15 is 0 Å². The van der Waals surface area contributed by atoms with Gasteiger partial charge in [0.1, 0.15) is 17.3 Å². The zero-order chi connectivity index (χ0) is 18.5. The van der Waals surface area contributed by atoms with E-state index in [-0.39, 0.29) is 5.56 Å². The van der Waals surface area contributed by atoms with Crippen molar-refractivity contribution in [1.29, 1.82) is 0 Å². The molecule has 1 aromatic heterocycles. The predicted molar refractivity (Wildman–Crippen MR) is 104 cm³/mol. The molecule has 3 rings (SSSR count). The number of rotatable bonds is 6. The number of aromatic carboxylic acids is 1. The van der Waals surface area contributed by atoms with E-state index in [1.54, 1.807) is 36.5 Å². The molecule has 0 saturated carbocycles. The Bertz CT molecular complexity index is 945. The smallest absolute Gasteiger partial charge is 0.336 e. The number of aliphatic imine (C=N–C) groups is 1. The third-order valence-corrected chi connectivity index (χ3v) is 4.09. The fourth-order valence-electron chi connectivity index (χ4n) is 2.41. The van der Waals surface area contributed by atoms with E-state index in [9.17, 15) is 9.90 Å². The summed E-state index contributed by atoms with van der Waals surface area (Å²) in [5.41, 5.74) is 1.45. The van der Waals surface area contributed by atoms with Gasteiger partial charge in [-0.15, -0.1) is 0 Å². The molecule has 26 heavy (non-hydrogen) atoms. The highest BCUT2D eigenvalue weighted by Gasteiger charge is 2.15. The van der Waals surface area contributed by atoms with E-state index in [2.05, 4.69) is 20.9 Å². The summed E-state index contributed by atoms with van der Waals surface area (Å²) in [6.07, 6.45) is 1.60. The molecule has 3 aromatic rings. The molecule has 0 spiro atoms. The van der Waals surface area contributed by atoms with Crippen LogP contribution in [0.1, 0.15) is 23.0 Å². The van der Waals surface area contributed by atoms with Crippen LogP contribution in [0.15, 0.2) is 68.5 Å². The summed E-state index contributed by atoms with van der Waals surface area (Å²) in [5.74, 6) is 0.793. The van der Waals surface area contributed by atoms with Gasteiger partial charge in [-0.2, -0.15) is 0 Å². The second kappa shape index (κ2) is 8.01. The van der Waals surface area contributed by atoms with Crippen LogP contribution >= 0.6 is 15.9 Å². The van der Waals surface area contributed by atoms with E-state index < -0.39 is 5.97 Å². The van der Waals surface area contributed by atoms with Crippen molar-refractivity contribution in [3.05, 3.63) is 70.4 Å². The molecule has 2 aromatic carbocycles. The van der Waals surface area contributed by atoms with Gasteiger partial charge in [0.2, 0.25) is 0 Å². The van der Waals surface area contributed by atoms with E-state index in [1.165, 1.54) is 0 Å². The van der Waals surface area contributed by atoms with Crippen molar-refractivity contribution >= 4 is 33.8 Å². The molecular weight excluding hydrogens is 398 g/mol. The molecule has 5 nitrogen and oxygen atoms in total. The normalized spacial score (nSPS) is 11.0. The number of furan rings is 1. The van der Waals surface area contributed by atoms with Crippen LogP contribution < -0.4 is 4.74 Å². The average molecular weight is 414 g/mol. The molecule has 0 amide bonds. The maximum Gasteiger partial charge on any atom is 0.336 e. The molecule has 0 fully saturated rings. The summed E-state index contributed by atoms with van der Waals surface area (Å²) >= 11 is 3.28. The fourth-order valence-corrected chi connectivity index (χ4v) is 2.77. The predicted octanol–water partition coefficient (Wildman–Crippen LogP) is 5.56. The second-order valence-corrected chi connectivity index (χ2v) is 6.30. The van der Waals surface area contributed by atoms with Gasteiger partial charge in [0.15, 0.2) is 0 Å². The van der Waals surface area contributed by atoms with Crippen molar-refractivity contribution in [3.63, 3.8) is 0 Å². The molecule has 0 aliphatic carbocycles. The Balaban J connectivity index is 1.81. The summed E-state index contributed by atoms with van der Waals surface area (Å²) in [6, 6.07) is 15.9. The quantitative estimate of drug-likeness (QED) is 0.537. The standard InChI is InChI=1S/C20H16BrNO4/c1-2-25-15-6-4-14(5-7-15)22-12-16-8-10-19(26-16)17-9-3-13(21)11-18(17)20(23)24/h3-12H,2H2,1H3,(H,23,24). The van der Waals surface area contributed by atoms with Crippen LogP contribution in [-0.2, 0) is 0 Å². The number of halogens is 1. The molecule has 0 radical (unpaired) electrons. The first-order valence-electron chi connectivity index (χ1n) is 7.97. The Morgan fingerprint density at radius 3 is 2.65 bits per heavy atom. The Kier molecular flexibility index (Phi) is 5.53. The first kappa shape index (κ1) is 17.9. The highest BCUT2D eigenvalue weighted by Crippen LogP contribution is 2.28. The van der Waals surface area contributed by atoms with Gasteiger partial charge in [0.05, 0.1) is 24.1 Å². The number of carboxylic acid groups (broad SMARTS) is 1. The lowest BCUT2D eigenvalue weighted by atomic mass is 10.1. The summed E-state index contributed by atoms with van der Waals surface area (Å²) in [7, 11) is 0. The zero-order valence-corrected chi connectivity index (χ0v) is 15.6. The van der Waals surface area contributed by atoms with Crippen LogP contribution in [0.25, 0.3) is 11.3 Å². The molecule has 132 valence electrons. The van der Waals surface area contributed by atoms with Gasteiger partial charge in [0, 0.05) is 10.0 Å². The van der Waals surface area contributed by atoms with Crippen molar-refractivity contribution in [1.82, 2.24) is 0 Å². The molecule has 0 unspecified atom stereocenters. The summed E-state index contributed by atoms with van der Waals surface area (Å²) in [5, 5.41) is 9.37. The largest absolute Gasteiger partial charge is 0.494 e. The van der Waals surface area contributed by atoms with Crippen molar-refractivity contribution < 1.29 is 19.1 Å². The molecule has 1 heterocycles. The van der Waals surface area contributed by atoms with Crippen LogP contribution in [0.5, 0.6) is 5.75 Å². The van der Waals surface area contributed by atoms with Crippen molar-refractivity contribution in [2.75, 3.05) is 6.61 Å². The van der Waals surface area contributed by atoms with Gasteiger partial charge < -0.3 is 14.3 Å². The molecular formula is C20H16BrNO4. The lowest BCUT2D eigenvalue weighted by Crippen LogP contribution is -1.99. The van der Waals surface area contributed by atoms with E-state index in [1.807, 2.05) is 31.2 Å². The van der Waals surface area contributed by atoms with Crippen molar-refractivity contribution in [3.8, 4) is 17.1 Å². The molecule has 0 bridgehead atoms. The first-order valence-corrected chi connectivity index (χ1v) is 8.76. The van der Waals surface area contributed by atoms with Crippen LogP contribution in [0, 0.1) is 0 Å². The minimum absolute atomic E-state index is 0.170. The van der Waals surface area contributed by atoms with E-state index in [0.717, 1.165) is 11.4 Å². The molecule has 6 heteroatoms. The third kappa shape index (κ3) is 4.21. The van der Waals surface area contributed by atoms with E-state index in [0.29, 0.717) is 28.2 Å². The summed E-state index contributed by atoms with van der Waals surface area (Å²) in [4.78, 5) is 15.8. The molecule has 0 aliphatic rings. The topological polar surface area (TPSA) is 72.0 Å². The zero-order valence-electron chi connectivity index (χ0n) is 14.0. The van der Waals surface area contributed by atoms with Crippen molar-refractivity contribution in [2.45, 2.75) is 6.92 Å². The highest BCUT2D eigenvalue weighted by molar-refractivity contribution is 9.10. The third-order valence-electron chi connectivity index (χ3n) is 3.59. The van der Waals surface area contributed by atoms with Gasteiger partial charge in [-0.3, -0.25) is 4.99 Å². The highest BCUT2D eigenvalue weighted by atomic mass is 79.9. The number of carbonyl (C=O) groups is 1. The first-order chi connectivity index (χ1) is 12.6. The van der Waals surface area contributed by atoms with Gasteiger partial charge >= 0.3 is 5.97 Å². The van der Waals surface area contributed by atoms with Gasteiger partial charge in [-0.1, -0.05) is 15.9 Å². The number of carboxylic acids is 1. The van der Waals surface area contributed by atoms with Gasteiger partial charge in [-0.25, -0.2) is 4.79 Å². The number of hydrogen-bond donors (Lipinski definition) is 1. The molecule has 0 aliphatic heterocycles. The van der Waals surface area contributed by atoms with E-state index in [4.69, 9.17) is 9.15 Å². The Labute approximate surface area is 159 Å². The Morgan fingerprint density at radius 2 is 1.96 bits per heavy atom. The number of benzene rings is 2. The van der Waals surface area contributed by atoms with Crippen molar-refractivity contribution in [2.24, 2.45) is 4.99 Å². The fraction of sp³-hybridized carbons (Fsp3) is 0.100. The molecule has 0 saturated heterocycles. The minimum Gasteiger partial charge on any atom is -0.494 e. The van der Waals surface area contributed by atoms with Crippen LogP contribution in [0.4, 0.5) is 5.69 Å². The molecule has 1 N–H and O–H groups in total. The maximum atomic E-state index is 11.4. The monoisotopic (exact) mass is 413 g/mol. The lowest BCUT2D eigenvalue weighted by molar-refractivity contribution is 0.0697. The molecule has 0 atom stereocenters. The number of ether oxygens (including phenoxy) is 1. The van der Waals surface area contributed by atoms with Crippen LogP contribution in [-0.4, -0.2) is 23.9 Å². The average Bonchev–Trinajstić information content (AvgIpc) is 3.10. The SMILES string of the molecule is CCOc1ccc(N=Cc2ccc(-c3ccc(Br)cc3C(=O)O)o2)cc1. The Morgan fingerprint density at radius 1 is 1.19 bits per heavy atom. The summed E-state index contributed by atoms with van der Waals surface area (Å²) in [6.45, 7) is 2.55. The second-order valence-electron chi connectivity index (χ2n) is 5.38. The number of hydrogen-bond acceptors (Lipinski definition) is 4.